The Balaban J connectivity index is 1.27. The maximum absolute atomic E-state index is 13.2. The van der Waals surface area contributed by atoms with E-state index in [0.717, 1.165) is 58.7 Å². The van der Waals surface area contributed by atoms with Crippen molar-refractivity contribution in [3.63, 3.8) is 0 Å². The molecule has 39 heavy (non-hydrogen) atoms. The van der Waals surface area contributed by atoms with Gasteiger partial charge in [-0.2, -0.15) is 4.31 Å². The SMILES string of the molecule is COc1cccc(-c2nc3n(c2-c2ccnc(N[C@@H]4CCCN(S(=O)(=O)c5ccc(Cl)cc5)C4)n2)CCS3)c1. The van der Waals surface area contributed by atoms with Crippen molar-refractivity contribution >= 4 is 39.3 Å². The smallest absolute Gasteiger partial charge is 0.243 e. The number of piperidine rings is 1. The van der Waals surface area contributed by atoms with E-state index in [-0.39, 0.29) is 10.9 Å². The van der Waals surface area contributed by atoms with E-state index in [1.54, 1.807) is 49.3 Å². The van der Waals surface area contributed by atoms with Crippen LogP contribution in [0.5, 0.6) is 5.75 Å². The number of thioether (sulfide) groups is 1. The van der Waals surface area contributed by atoms with Crippen LogP contribution in [0.15, 0.2) is 70.8 Å². The zero-order chi connectivity index (χ0) is 27.0. The van der Waals surface area contributed by atoms with Gasteiger partial charge in [-0.25, -0.2) is 23.4 Å². The van der Waals surface area contributed by atoms with Gasteiger partial charge in [0.05, 0.1) is 29.1 Å². The first kappa shape index (κ1) is 26.1. The number of ether oxygens (including phenoxy) is 1. The van der Waals surface area contributed by atoms with Crippen LogP contribution < -0.4 is 10.1 Å². The molecule has 6 rings (SSSR count). The van der Waals surface area contributed by atoms with E-state index in [9.17, 15) is 8.42 Å². The summed E-state index contributed by atoms with van der Waals surface area (Å²) in [4.78, 5) is 14.5. The molecule has 2 aliphatic rings. The fourth-order valence-electron chi connectivity index (χ4n) is 4.99. The molecule has 0 spiro atoms. The van der Waals surface area contributed by atoms with E-state index < -0.39 is 10.0 Å². The third-order valence-electron chi connectivity index (χ3n) is 6.89. The van der Waals surface area contributed by atoms with Gasteiger partial charge in [0.25, 0.3) is 0 Å². The lowest BCUT2D eigenvalue weighted by Gasteiger charge is -2.32. The minimum absolute atomic E-state index is 0.124. The molecule has 4 heterocycles. The van der Waals surface area contributed by atoms with Crippen molar-refractivity contribution in [2.45, 2.75) is 35.5 Å². The molecule has 9 nitrogen and oxygen atoms in total. The zero-order valence-corrected chi connectivity index (χ0v) is 23.6. The summed E-state index contributed by atoms with van der Waals surface area (Å²) in [5.74, 6) is 2.19. The van der Waals surface area contributed by atoms with Crippen molar-refractivity contribution in [3.05, 3.63) is 65.8 Å². The molecule has 1 fully saturated rings. The number of rotatable bonds is 7. The zero-order valence-electron chi connectivity index (χ0n) is 21.2. The number of halogens is 1. The van der Waals surface area contributed by atoms with Crippen molar-refractivity contribution in [1.29, 1.82) is 0 Å². The van der Waals surface area contributed by atoms with Gasteiger partial charge in [0, 0.05) is 48.2 Å². The highest BCUT2D eigenvalue weighted by atomic mass is 35.5. The molecule has 4 aromatic rings. The van der Waals surface area contributed by atoms with Gasteiger partial charge < -0.3 is 14.6 Å². The molecule has 2 aromatic carbocycles. The molecule has 0 radical (unpaired) electrons. The Morgan fingerprint density at radius 3 is 2.77 bits per heavy atom. The van der Waals surface area contributed by atoms with Crippen molar-refractivity contribution in [1.82, 2.24) is 23.8 Å². The number of benzene rings is 2. The van der Waals surface area contributed by atoms with Crippen LogP contribution in [-0.2, 0) is 16.6 Å². The van der Waals surface area contributed by atoms with E-state index in [2.05, 4.69) is 14.9 Å². The molecule has 1 atom stereocenters. The third-order valence-corrected chi connectivity index (χ3v) is 9.98. The van der Waals surface area contributed by atoms with E-state index >= 15 is 0 Å². The van der Waals surface area contributed by atoms with E-state index in [1.807, 2.05) is 30.3 Å². The summed E-state index contributed by atoms with van der Waals surface area (Å²) in [5.41, 5.74) is 3.49. The fraction of sp³-hybridized carbons (Fsp3) is 0.296. The van der Waals surface area contributed by atoms with Gasteiger partial charge in [-0.3, -0.25) is 0 Å². The summed E-state index contributed by atoms with van der Waals surface area (Å²) in [6.45, 7) is 1.64. The van der Waals surface area contributed by atoms with Crippen molar-refractivity contribution in [2.75, 3.05) is 31.3 Å². The highest BCUT2D eigenvalue weighted by Gasteiger charge is 2.31. The third kappa shape index (κ3) is 5.23. The molecule has 0 aliphatic carbocycles. The number of hydrogen-bond acceptors (Lipinski definition) is 8. The molecule has 0 bridgehead atoms. The number of hydrogen-bond donors (Lipinski definition) is 1. The Labute approximate surface area is 236 Å². The Bertz CT molecular complexity index is 1610. The van der Waals surface area contributed by atoms with Crippen LogP contribution in [0.1, 0.15) is 12.8 Å². The van der Waals surface area contributed by atoms with Crippen LogP contribution in [-0.4, -0.2) is 64.2 Å². The van der Waals surface area contributed by atoms with Crippen LogP contribution in [0.3, 0.4) is 0 Å². The number of nitrogens with zero attached hydrogens (tertiary/aromatic N) is 5. The second kappa shape index (κ2) is 10.8. The van der Waals surface area contributed by atoms with Gasteiger partial charge in [0.1, 0.15) is 5.75 Å². The van der Waals surface area contributed by atoms with Gasteiger partial charge in [-0.15, -0.1) is 0 Å². The van der Waals surface area contributed by atoms with Gasteiger partial charge >= 0.3 is 0 Å². The number of methoxy groups -OCH3 is 1. The Morgan fingerprint density at radius 2 is 1.95 bits per heavy atom. The molecule has 2 aliphatic heterocycles. The minimum atomic E-state index is -3.63. The molecule has 202 valence electrons. The first-order valence-electron chi connectivity index (χ1n) is 12.7. The molecule has 12 heteroatoms. The second-order valence-electron chi connectivity index (χ2n) is 9.39. The van der Waals surface area contributed by atoms with Crippen molar-refractivity contribution in [3.8, 4) is 28.4 Å². The van der Waals surface area contributed by atoms with Gasteiger partial charge in [-0.05, 0) is 55.3 Å². The first-order valence-corrected chi connectivity index (χ1v) is 15.5. The summed E-state index contributed by atoms with van der Waals surface area (Å²) in [6, 6.07) is 15.9. The molecule has 0 unspecified atom stereocenters. The summed E-state index contributed by atoms with van der Waals surface area (Å²) in [6.07, 6.45) is 3.28. The Morgan fingerprint density at radius 1 is 1.10 bits per heavy atom. The predicted molar refractivity (Wildman–Crippen MR) is 153 cm³/mol. The van der Waals surface area contributed by atoms with Gasteiger partial charge in [0.15, 0.2) is 5.16 Å². The Hall–Kier alpha value is -3.12. The first-order chi connectivity index (χ1) is 18.9. The topological polar surface area (TPSA) is 102 Å². The number of nitrogens with one attached hydrogen (secondary N) is 1. The molecular formula is C27H27ClN6O3S2. The normalized spacial score (nSPS) is 17.6. The van der Waals surface area contributed by atoms with Crippen molar-refractivity contribution in [2.24, 2.45) is 0 Å². The summed E-state index contributed by atoms with van der Waals surface area (Å²) >= 11 is 7.68. The maximum atomic E-state index is 13.2. The van der Waals surface area contributed by atoms with E-state index in [1.165, 1.54) is 4.31 Å². The Kier molecular flexibility index (Phi) is 7.23. The molecule has 0 amide bonds. The minimum Gasteiger partial charge on any atom is -0.497 e. The number of aromatic nitrogens is 4. The second-order valence-corrected chi connectivity index (χ2v) is 12.8. The lowest BCUT2D eigenvalue weighted by molar-refractivity contribution is 0.326. The summed E-state index contributed by atoms with van der Waals surface area (Å²) < 4.78 is 35.6. The number of sulfonamides is 1. The lowest BCUT2D eigenvalue weighted by Crippen LogP contribution is -2.45. The van der Waals surface area contributed by atoms with Crippen LogP contribution in [0, 0.1) is 0 Å². The van der Waals surface area contributed by atoms with Crippen LogP contribution >= 0.6 is 23.4 Å². The monoisotopic (exact) mass is 582 g/mol. The fourth-order valence-corrected chi connectivity index (χ4v) is 7.59. The van der Waals surface area contributed by atoms with Crippen molar-refractivity contribution < 1.29 is 13.2 Å². The molecule has 2 aromatic heterocycles. The van der Waals surface area contributed by atoms with Gasteiger partial charge in [-0.1, -0.05) is 35.5 Å². The van der Waals surface area contributed by atoms with E-state index in [4.69, 9.17) is 26.3 Å². The predicted octanol–water partition coefficient (Wildman–Crippen LogP) is 5.04. The van der Waals surface area contributed by atoms with Crippen LogP contribution in [0.25, 0.3) is 22.6 Å². The maximum Gasteiger partial charge on any atom is 0.243 e. The van der Waals surface area contributed by atoms with E-state index in [0.29, 0.717) is 24.1 Å². The quantitative estimate of drug-likeness (QED) is 0.323. The number of imidazole rings is 1. The van der Waals surface area contributed by atoms with Crippen LogP contribution in [0.4, 0.5) is 5.95 Å². The molecule has 1 N–H and O–H groups in total. The van der Waals surface area contributed by atoms with Crippen LogP contribution in [0.2, 0.25) is 5.02 Å². The lowest BCUT2D eigenvalue weighted by atomic mass is 10.1. The summed E-state index contributed by atoms with van der Waals surface area (Å²) in [5, 5.41) is 4.85. The summed E-state index contributed by atoms with van der Waals surface area (Å²) in [7, 11) is -1.98. The number of anilines is 1. The molecule has 1 saturated heterocycles. The number of fused-ring (bicyclic) bond motifs is 1. The molecular weight excluding hydrogens is 556 g/mol. The standard InChI is InChI=1S/C27H27ClN6O3S2/c1-37-21-6-2-4-18(16-21)24-25(34-14-15-38-27(34)32-24)23-11-12-29-26(31-23)30-20-5-3-13-33(17-20)39(35,36)22-9-7-19(28)8-10-22/h2,4,6-12,16,20H,3,5,13-15,17H2,1H3,(H,29,30,31)/t20-/m1/s1. The molecule has 0 saturated carbocycles. The largest absolute Gasteiger partial charge is 0.497 e. The highest BCUT2D eigenvalue weighted by molar-refractivity contribution is 7.99. The average Bonchev–Trinajstić information content (AvgIpc) is 3.55. The highest BCUT2D eigenvalue weighted by Crippen LogP contribution is 2.39. The van der Waals surface area contributed by atoms with Gasteiger partial charge in [0.2, 0.25) is 16.0 Å². The average molecular weight is 583 g/mol.